The molecule has 0 aliphatic carbocycles. The number of carbonyl (C=O) groups is 1. The zero-order chi connectivity index (χ0) is 13.0. The number of nitrogens with one attached hydrogen (secondary N) is 2. The van der Waals surface area contributed by atoms with E-state index in [4.69, 9.17) is 5.73 Å². The van der Waals surface area contributed by atoms with Crippen LogP contribution in [0.3, 0.4) is 0 Å². The fourth-order valence-corrected chi connectivity index (χ4v) is 2.09. The standard InChI is InChI=1S/C14H21N3O/c1-10(8-15)4-5-16-9-11-2-3-13-12(6-11)7-14(18)17-13/h2-3,6,10,16H,4-5,7-9,15H2,1H3,(H,17,18). The molecule has 1 unspecified atom stereocenters. The molecule has 1 heterocycles. The van der Waals surface area contributed by atoms with Crippen LogP contribution in [0.4, 0.5) is 5.69 Å². The molecule has 1 aromatic rings. The maximum atomic E-state index is 11.2. The molecule has 4 nitrogen and oxygen atoms in total. The lowest BCUT2D eigenvalue weighted by Gasteiger charge is -2.10. The fraction of sp³-hybridized carbons (Fsp3) is 0.500. The first kappa shape index (κ1) is 13.1. The second-order valence-corrected chi connectivity index (χ2v) is 5.02. The fourth-order valence-electron chi connectivity index (χ4n) is 2.09. The number of hydrogen-bond donors (Lipinski definition) is 3. The number of rotatable bonds is 6. The predicted octanol–water partition coefficient (Wildman–Crippen LogP) is 1.26. The monoisotopic (exact) mass is 247 g/mol. The van der Waals surface area contributed by atoms with E-state index in [1.54, 1.807) is 0 Å². The van der Waals surface area contributed by atoms with Crippen molar-refractivity contribution in [3.63, 3.8) is 0 Å². The molecule has 0 radical (unpaired) electrons. The summed E-state index contributed by atoms with van der Waals surface area (Å²) < 4.78 is 0. The molecule has 0 bridgehead atoms. The molecule has 0 saturated heterocycles. The van der Waals surface area contributed by atoms with E-state index >= 15 is 0 Å². The molecule has 4 heteroatoms. The van der Waals surface area contributed by atoms with Crippen LogP contribution in [0, 0.1) is 5.92 Å². The molecule has 1 aromatic carbocycles. The van der Waals surface area contributed by atoms with Gasteiger partial charge < -0.3 is 16.4 Å². The lowest BCUT2D eigenvalue weighted by molar-refractivity contribution is -0.115. The van der Waals surface area contributed by atoms with Gasteiger partial charge in [0.25, 0.3) is 0 Å². The van der Waals surface area contributed by atoms with E-state index in [2.05, 4.69) is 29.7 Å². The minimum atomic E-state index is 0.0897. The summed E-state index contributed by atoms with van der Waals surface area (Å²) in [7, 11) is 0. The Kier molecular flexibility index (Phi) is 4.33. The molecule has 1 amide bonds. The Labute approximate surface area is 108 Å². The van der Waals surface area contributed by atoms with Crippen LogP contribution in [0.2, 0.25) is 0 Å². The van der Waals surface area contributed by atoms with Crippen molar-refractivity contribution in [3.8, 4) is 0 Å². The highest BCUT2D eigenvalue weighted by molar-refractivity contribution is 5.99. The number of nitrogens with two attached hydrogens (primary N) is 1. The third kappa shape index (κ3) is 3.31. The van der Waals surface area contributed by atoms with E-state index in [0.717, 1.165) is 37.3 Å². The van der Waals surface area contributed by atoms with Crippen molar-refractivity contribution in [2.75, 3.05) is 18.4 Å². The van der Waals surface area contributed by atoms with Gasteiger partial charge in [-0.05, 0) is 42.6 Å². The summed E-state index contributed by atoms with van der Waals surface area (Å²) in [4.78, 5) is 11.2. The van der Waals surface area contributed by atoms with Crippen LogP contribution in [0.1, 0.15) is 24.5 Å². The summed E-state index contributed by atoms with van der Waals surface area (Å²) in [6.07, 6.45) is 1.61. The Morgan fingerprint density at radius 1 is 1.50 bits per heavy atom. The second-order valence-electron chi connectivity index (χ2n) is 5.02. The van der Waals surface area contributed by atoms with E-state index in [0.29, 0.717) is 12.3 Å². The van der Waals surface area contributed by atoms with Crippen molar-refractivity contribution in [3.05, 3.63) is 29.3 Å². The largest absolute Gasteiger partial charge is 0.330 e. The van der Waals surface area contributed by atoms with Crippen LogP contribution in [0.15, 0.2) is 18.2 Å². The van der Waals surface area contributed by atoms with Gasteiger partial charge in [-0.3, -0.25) is 4.79 Å². The molecule has 0 fully saturated rings. The number of fused-ring (bicyclic) bond motifs is 1. The maximum Gasteiger partial charge on any atom is 0.228 e. The average Bonchev–Trinajstić information content (AvgIpc) is 2.73. The highest BCUT2D eigenvalue weighted by Gasteiger charge is 2.17. The lowest BCUT2D eigenvalue weighted by Crippen LogP contribution is -2.20. The average molecular weight is 247 g/mol. The van der Waals surface area contributed by atoms with E-state index in [1.807, 2.05) is 6.07 Å². The van der Waals surface area contributed by atoms with Gasteiger partial charge in [0.2, 0.25) is 5.91 Å². The third-order valence-corrected chi connectivity index (χ3v) is 3.34. The van der Waals surface area contributed by atoms with Gasteiger partial charge in [-0.15, -0.1) is 0 Å². The Morgan fingerprint density at radius 2 is 2.33 bits per heavy atom. The van der Waals surface area contributed by atoms with Gasteiger partial charge in [0.15, 0.2) is 0 Å². The SMILES string of the molecule is CC(CN)CCNCc1ccc2c(c1)CC(=O)N2. The van der Waals surface area contributed by atoms with Crippen molar-refractivity contribution < 1.29 is 4.79 Å². The number of anilines is 1. The van der Waals surface area contributed by atoms with Gasteiger partial charge in [-0.2, -0.15) is 0 Å². The molecule has 1 atom stereocenters. The highest BCUT2D eigenvalue weighted by Crippen LogP contribution is 2.23. The number of hydrogen-bond acceptors (Lipinski definition) is 3. The first-order valence-corrected chi connectivity index (χ1v) is 6.51. The summed E-state index contributed by atoms with van der Waals surface area (Å²) in [5.74, 6) is 0.659. The molecule has 18 heavy (non-hydrogen) atoms. The van der Waals surface area contributed by atoms with Gasteiger partial charge in [0.1, 0.15) is 0 Å². The molecule has 1 aliphatic heterocycles. The molecule has 1 aliphatic rings. The molecule has 0 spiro atoms. The van der Waals surface area contributed by atoms with Gasteiger partial charge in [0.05, 0.1) is 6.42 Å². The van der Waals surface area contributed by atoms with Crippen LogP contribution in [0.25, 0.3) is 0 Å². The van der Waals surface area contributed by atoms with Crippen molar-refractivity contribution in [2.24, 2.45) is 11.7 Å². The second kappa shape index (κ2) is 5.98. The molecule has 2 rings (SSSR count). The minimum Gasteiger partial charge on any atom is -0.330 e. The molecular weight excluding hydrogens is 226 g/mol. The van der Waals surface area contributed by atoms with Crippen LogP contribution in [-0.2, 0) is 17.8 Å². The Bertz CT molecular complexity index is 431. The maximum absolute atomic E-state index is 11.2. The number of benzene rings is 1. The summed E-state index contributed by atoms with van der Waals surface area (Å²) in [5.41, 5.74) is 8.87. The Morgan fingerprint density at radius 3 is 3.11 bits per heavy atom. The van der Waals surface area contributed by atoms with Crippen molar-refractivity contribution >= 4 is 11.6 Å². The Hall–Kier alpha value is -1.39. The van der Waals surface area contributed by atoms with Gasteiger partial charge in [-0.1, -0.05) is 19.1 Å². The predicted molar refractivity (Wildman–Crippen MR) is 73.3 cm³/mol. The van der Waals surface area contributed by atoms with Crippen LogP contribution in [-0.4, -0.2) is 19.0 Å². The smallest absolute Gasteiger partial charge is 0.228 e. The van der Waals surface area contributed by atoms with E-state index < -0.39 is 0 Å². The summed E-state index contributed by atoms with van der Waals surface area (Å²) >= 11 is 0. The highest BCUT2D eigenvalue weighted by atomic mass is 16.1. The lowest BCUT2D eigenvalue weighted by atomic mass is 10.1. The molecule has 0 aromatic heterocycles. The van der Waals surface area contributed by atoms with Gasteiger partial charge in [0, 0.05) is 12.2 Å². The zero-order valence-corrected chi connectivity index (χ0v) is 10.8. The third-order valence-electron chi connectivity index (χ3n) is 3.34. The van der Waals surface area contributed by atoms with E-state index in [-0.39, 0.29) is 5.91 Å². The summed E-state index contributed by atoms with van der Waals surface area (Å²) in [5, 5.41) is 6.25. The number of amides is 1. The minimum absolute atomic E-state index is 0.0897. The zero-order valence-electron chi connectivity index (χ0n) is 10.8. The van der Waals surface area contributed by atoms with Gasteiger partial charge in [-0.25, -0.2) is 0 Å². The Balaban J connectivity index is 1.81. The van der Waals surface area contributed by atoms with Crippen LogP contribution >= 0.6 is 0 Å². The summed E-state index contributed by atoms with van der Waals surface area (Å²) in [6, 6.07) is 6.15. The first-order chi connectivity index (χ1) is 8.69. The summed E-state index contributed by atoms with van der Waals surface area (Å²) in [6.45, 7) is 4.73. The topological polar surface area (TPSA) is 67.1 Å². The van der Waals surface area contributed by atoms with Crippen molar-refractivity contribution in [2.45, 2.75) is 26.3 Å². The molecular formula is C14H21N3O. The first-order valence-electron chi connectivity index (χ1n) is 6.51. The van der Waals surface area contributed by atoms with Crippen molar-refractivity contribution in [1.29, 1.82) is 0 Å². The van der Waals surface area contributed by atoms with Gasteiger partial charge >= 0.3 is 0 Å². The van der Waals surface area contributed by atoms with Crippen LogP contribution in [0.5, 0.6) is 0 Å². The molecule has 0 saturated carbocycles. The van der Waals surface area contributed by atoms with E-state index in [1.165, 1.54) is 5.56 Å². The number of carbonyl (C=O) groups excluding carboxylic acids is 1. The molecule has 98 valence electrons. The van der Waals surface area contributed by atoms with Crippen molar-refractivity contribution in [1.82, 2.24) is 5.32 Å². The quantitative estimate of drug-likeness (QED) is 0.663. The van der Waals surface area contributed by atoms with Crippen LogP contribution < -0.4 is 16.4 Å². The molecule has 4 N–H and O–H groups in total. The van der Waals surface area contributed by atoms with E-state index in [9.17, 15) is 4.79 Å². The normalized spacial score (nSPS) is 15.3.